The maximum Gasteiger partial charge on any atom is 0.0510 e. The van der Waals surface area contributed by atoms with Crippen LogP contribution in [0, 0.1) is 6.92 Å². The topological polar surface area (TPSA) is 20.2 Å². The van der Waals surface area contributed by atoms with Gasteiger partial charge < -0.3 is 5.11 Å². The van der Waals surface area contributed by atoms with Crippen molar-refractivity contribution in [2.24, 2.45) is 0 Å². The number of hydrogen-bond acceptors (Lipinski definition) is 2. The molecule has 0 amide bonds. The Labute approximate surface area is 100 Å². The van der Waals surface area contributed by atoms with Gasteiger partial charge in [-0.25, -0.2) is 0 Å². The fourth-order valence-electron chi connectivity index (χ4n) is 1.90. The molecule has 1 aromatic carbocycles. The summed E-state index contributed by atoms with van der Waals surface area (Å²) in [6.45, 7) is 2.32. The number of rotatable bonds is 4. The molecule has 0 radical (unpaired) electrons. The maximum absolute atomic E-state index is 9.44. The van der Waals surface area contributed by atoms with Crippen molar-refractivity contribution < 1.29 is 5.11 Å². The average molecular weight is 232 g/mol. The van der Waals surface area contributed by atoms with E-state index in [1.165, 1.54) is 16.0 Å². The third kappa shape index (κ3) is 2.71. The van der Waals surface area contributed by atoms with Crippen molar-refractivity contribution in [1.29, 1.82) is 0 Å². The molecule has 1 unspecified atom stereocenters. The lowest BCUT2D eigenvalue weighted by Crippen LogP contribution is -2.06. The molecule has 0 aliphatic carbocycles. The molecule has 16 heavy (non-hydrogen) atoms. The van der Waals surface area contributed by atoms with E-state index in [4.69, 9.17) is 0 Å². The van der Waals surface area contributed by atoms with Crippen LogP contribution in [0.15, 0.2) is 41.8 Å². The van der Waals surface area contributed by atoms with Crippen LogP contribution < -0.4 is 0 Å². The zero-order valence-corrected chi connectivity index (χ0v) is 10.2. The smallest absolute Gasteiger partial charge is 0.0510 e. The molecule has 1 atom stereocenters. The third-order valence-corrected chi connectivity index (χ3v) is 3.77. The molecule has 0 saturated carbocycles. The van der Waals surface area contributed by atoms with Crippen LogP contribution in [-0.2, 0) is 6.42 Å². The van der Waals surface area contributed by atoms with E-state index in [9.17, 15) is 5.11 Å². The first-order valence-corrected chi connectivity index (χ1v) is 6.37. The molecule has 0 fully saturated rings. The highest BCUT2D eigenvalue weighted by molar-refractivity contribution is 7.10. The van der Waals surface area contributed by atoms with Gasteiger partial charge in [-0.1, -0.05) is 35.9 Å². The van der Waals surface area contributed by atoms with E-state index >= 15 is 0 Å². The van der Waals surface area contributed by atoms with Crippen LogP contribution in [0.1, 0.15) is 21.9 Å². The summed E-state index contributed by atoms with van der Waals surface area (Å²) < 4.78 is 0. The minimum atomic E-state index is 0.217. The van der Waals surface area contributed by atoms with Gasteiger partial charge in [-0.15, -0.1) is 11.3 Å². The number of thiophene rings is 1. The summed E-state index contributed by atoms with van der Waals surface area (Å²) in [6, 6.07) is 12.6. The van der Waals surface area contributed by atoms with Gasteiger partial charge in [-0.05, 0) is 30.4 Å². The highest BCUT2D eigenvalue weighted by atomic mass is 32.1. The van der Waals surface area contributed by atoms with Crippen LogP contribution in [0.25, 0.3) is 0 Å². The van der Waals surface area contributed by atoms with E-state index in [1.54, 1.807) is 11.3 Å². The lowest BCUT2D eigenvalue weighted by molar-refractivity contribution is 0.266. The summed E-state index contributed by atoms with van der Waals surface area (Å²) in [7, 11) is 0. The second-order valence-electron chi connectivity index (χ2n) is 4.09. The molecule has 1 heterocycles. The summed E-state index contributed by atoms with van der Waals surface area (Å²) in [5.74, 6) is 0.238. The van der Waals surface area contributed by atoms with Crippen molar-refractivity contribution in [3.63, 3.8) is 0 Å². The van der Waals surface area contributed by atoms with Gasteiger partial charge in [0.15, 0.2) is 0 Å². The second kappa shape index (κ2) is 5.28. The summed E-state index contributed by atoms with van der Waals surface area (Å²) in [5, 5.41) is 11.5. The molecular formula is C14H16OS. The molecule has 1 N–H and O–H groups in total. The Morgan fingerprint density at radius 1 is 1.25 bits per heavy atom. The van der Waals surface area contributed by atoms with Crippen LogP contribution in [0.3, 0.4) is 0 Å². The Kier molecular flexibility index (Phi) is 3.75. The van der Waals surface area contributed by atoms with Gasteiger partial charge in [0.25, 0.3) is 0 Å². The summed E-state index contributed by atoms with van der Waals surface area (Å²) in [5.41, 5.74) is 2.58. The Bertz CT molecular complexity index is 434. The first kappa shape index (κ1) is 11.4. The predicted octanol–water partition coefficient (Wildman–Crippen LogP) is 3.38. The van der Waals surface area contributed by atoms with Crippen molar-refractivity contribution in [3.8, 4) is 0 Å². The summed E-state index contributed by atoms with van der Waals surface area (Å²) in [6.07, 6.45) is 0.915. The largest absolute Gasteiger partial charge is 0.396 e. The lowest BCUT2D eigenvalue weighted by atomic mass is 9.97. The Hall–Kier alpha value is -1.12. The number of aryl methyl sites for hydroxylation is 1. The number of aliphatic hydroxyl groups is 1. The van der Waals surface area contributed by atoms with Gasteiger partial charge in [0.2, 0.25) is 0 Å². The fraction of sp³-hybridized carbons (Fsp3) is 0.286. The van der Waals surface area contributed by atoms with Crippen LogP contribution in [0.2, 0.25) is 0 Å². The van der Waals surface area contributed by atoms with Gasteiger partial charge in [0.05, 0.1) is 6.61 Å². The Balaban J connectivity index is 2.13. The van der Waals surface area contributed by atoms with Crippen LogP contribution in [0.5, 0.6) is 0 Å². The van der Waals surface area contributed by atoms with Crippen molar-refractivity contribution >= 4 is 11.3 Å². The maximum atomic E-state index is 9.44. The van der Waals surface area contributed by atoms with Crippen molar-refractivity contribution in [2.45, 2.75) is 19.3 Å². The molecule has 0 saturated heterocycles. The number of hydrogen-bond donors (Lipinski definition) is 1. The van der Waals surface area contributed by atoms with Crippen LogP contribution in [-0.4, -0.2) is 11.7 Å². The predicted molar refractivity (Wildman–Crippen MR) is 69.0 cm³/mol. The van der Waals surface area contributed by atoms with Gasteiger partial charge in [0, 0.05) is 10.8 Å². The van der Waals surface area contributed by atoms with E-state index in [0.29, 0.717) is 0 Å². The standard InChI is InChI=1S/C14H16OS/c1-11-4-2-5-12(8-11)9-13(10-15)14-6-3-7-16-14/h2-8,13,15H,9-10H2,1H3. The SMILES string of the molecule is Cc1cccc(CC(CO)c2cccs2)c1. The van der Waals surface area contributed by atoms with Crippen molar-refractivity contribution in [2.75, 3.05) is 6.61 Å². The zero-order chi connectivity index (χ0) is 11.4. The van der Waals surface area contributed by atoms with E-state index in [1.807, 2.05) is 6.07 Å². The molecule has 0 aliphatic heterocycles. The van der Waals surface area contributed by atoms with E-state index in [0.717, 1.165) is 6.42 Å². The minimum Gasteiger partial charge on any atom is -0.396 e. The molecular weight excluding hydrogens is 216 g/mol. The summed E-state index contributed by atoms with van der Waals surface area (Å²) in [4.78, 5) is 1.27. The van der Waals surface area contributed by atoms with Crippen LogP contribution >= 0.6 is 11.3 Å². The van der Waals surface area contributed by atoms with Gasteiger partial charge in [0.1, 0.15) is 0 Å². The van der Waals surface area contributed by atoms with E-state index in [-0.39, 0.29) is 12.5 Å². The number of aliphatic hydroxyl groups excluding tert-OH is 1. The van der Waals surface area contributed by atoms with Gasteiger partial charge in [-0.2, -0.15) is 0 Å². The van der Waals surface area contributed by atoms with Gasteiger partial charge >= 0.3 is 0 Å². The molecule has 1 nitrogen and oxygen atoms in total. The van der Waals surface area contributed by atoms with Crippen molar-refractivity contribution in [3.05, 3.63) is 57.8 Å². The van der Waals surface area contributed by atoms with Crippen molar-refractivity contribution in [1.82, 2.24) is 0 Å². The first-order chi connectivity index (χ1) is 7.79. The highest BCUT2D eigenvalue weighted by Crippen LogP contribution is 2.24. The van der Waals surface area contributed by atoms with Crippen LogP contribution in [0.4, 0.5) is 0 Å². The molecule has 84 valence electrons. The zero-order valence-electron chi connectivity index (χ0n) is 9.39. The molecule has 1 aromatic heterocycles. The fourth-order valence-corrected chi connectivity index (χ4v) is 2.72. The molecule has 0 aliphatic rings. The Morgan fingerprint density at radius 2 is 2.12 bits per heavy atom. The normalized spacial score (nSPS) is 12.6. The second-order valence-corrected chi connectivity index (χ2v) is 5.07. The molecule has 2 heteroatoms. The average Bonchev–Trinajstić information content (AvgIpc) is 2.79. The molecule has 2 aromatic rings. The molecule has 0 bridgehead atoms. The minimum absolute atomic E-state index is 0.217. The quantitative estimate of drug-likeness (QED) is 0.857. The lowest BCUT2D eigenvalue weighted by Gasteiger charge is -2.12. The third-order valence-electron chi connectivity index (χ3n) is 2.73. The highest BCUT2D eigenvalue weighted by Gasteiger charge is 2.12. The van der Waals surface area contributed by atoms with Gasteiger partial charge in [-0.3, -0.25) is 0 Å². The molecule has 2 rings (SSSR count). The first-order valence-electron chi connectivity index (χ1n) is 5.49. The van der Waals surface area contributed by atoms with E-state index in [2.05, 4.69) is 42.6 Å². The Morgan fingerprint density at radius 3 is 2.75 bits per heavy atom. The number of benzene rings is 1. The monoisotopic (exact) mass is 232 g/mol. The van der Waals surface area contributed by atoms with E-state index < -0.39 is 0 Å². The summed E-state index contributed by atoms with van der Waals surface area (Å²) >= 11 is 1.72. The molecule has 0 spiro atoms.